The van der Waals surface area contributed by atoms with Gasteiger partial charge in [0.05, 0.1) is 29.0 Å². The number of aromatic nitrogens is 1. The van der Waals surface area contributed by atoms with E-state index in [1.54, 1.807) is 20.8 Å². The van der Waals surface area contributed by atoms with Crippen LogP contribution in [0.15, 0.2) is 43.0 Å². The molecule has 15 heteroatoms. The predicted octanol–water partition coefficient (Wildman–Crippen LogP) is 2.68. The molecule has 3 fully saturated rings. The maximum Gasteiger partial charge on any atom is 0.416 e. The fourth-order valence-electron chi connectivity index (χ4n) is 7.46. The smallest absolute Gasteiger partial charge is 0.366 e. The highest BCUT2D eigenvalue weighted by atomic mass is 19.4. The molecule has 4 atom stereocenters. The average molecular weight is 672 g/mol. The number of carbonyl (C=O) groups excluding carboxylic acids is 4. The number of aryl methyl sites for hydroxylation is 1. The standard InChI is InChI=1S/C33H37F4N7O4/c1-5-27(45)41-11-12-43-23(18-41)17-40(20(3)31(43)47)9-10-42-16-21-14-28(46)44(26-15-22(33(35,36)37)13-19(2)38-26)29(21)32(48)39(4)25-8-6-7-24(34)30(25)42/h5-8,13,15,20-21,23,29H,1,9-12,14,16-18H2,2-4H3/t20-,21+,23+,29-/m0/s1. The van der Waals surface area contributed by atoms with E-state index >= 15 is 4.39 Å². The molecule has 3 saturated heterocycles. The van der Waals surface area contributed by atoms with E-state index in [0.717, 1.165) is 17.0 Å². The van der Waals surface area contributed by atoms with Crippen LogP contribution in [0.1, 0.15) is 24.6 Å². The van der Waals surface area contributed by atoms with Crippen molar-refractivity contribution in [3.63, 3.8) is 0 Å². The van der Waals surface area contributed by atoms with Gasteiger partial charge in [0.1, 0.15) is 17.7 Å². The third kappa shape index (κ3) is 5.88. The first-order chi connectivity index (χ1) is 22.7. The van der Waals surface area contributed by atoms with Crippen molar-refractivity contribution in [2.24, 2.45) is 5.92 Å². The molecule has 4 aliphatic rings. The zero-order valence-electron chi connectivity index (χ0n) is 26.9. The number of benzene rings is 1. The summed E-state index contributed by atoms with van der Waals surface area (Å²) in [6, 6.07) is 4.08. The van der Waals surface area contributed by atoms with Crippen molar-refractivity contribution < 1.29 is 36.7 Å². The zero-order valence-corrected chi connectivity index (χ0v) is 26.9. The highest BCUT2D eigenvalue weighted by Crippen LogP contribution is 2.41. The minimum Gasteiger partial charge on any atom is -0.366 e. The Bertz CT molecular complexity index is 1670. The van der Waals surface area contributed by atoms with Gasteiger partial charge in [-0.05, 0) is 44.2 Å². The first kappa shape index (κ1) is 33.4. The quantitative estimate of drug-likeness (QED) is 0.356. The van der Waals surface area contributed by atoms with Gasteiger partial charge in [0.2, 0.25) is 23.6 Å². The van der Waals surface area contributed by atoms with E-state index in [4.69, 9.17) is 0 Å². The number of anilines is 3. The summed E-state index contributed by atoms with van der Waals surface area (Å²) in [5.41, 5.74) is -0.550. The van der Waals surface area contributed by atoms with Gasteiger partial charge in [0.15, 0.2) is 0 Å². The van der Waals surface area contributed by atoms with Gasteiger partial charge in [0.25, 0.3) is 0 Å². The lowest BCUT2D eigenvalue weighted by Gasteiger charge is -2.49. The van der Waals surface area contributed by atoms with Crippen molar-refractivity contribution in [3.05, 3.63) is 60.1 Å². The summed E-state index contributed by atoms with van der Waals surface area (Å²) >= 11 is 0. The number of nitrogens with zero attached hydrogens (tertiary/aromatic N) is 7. The van der Waals surface area contributed by atoms with Crippen LogP contribution in [0.2, 0.25) is 0 Å². The summed E-state index contributed by atoms with van der Waals surface area (Å²) < 4.78 is 56.9. The topological polar surface area (TPSA) is 101 Å². The number of halogens is 4. The Morgan fingerprint density at radius 1 is 1.06 bits per heavy atom. The van der Waals surface area contributed by atoms with Crippen LogP contribution in [-0.4, -0.2) is 114 Å². The summed E-state index contributed by atoms with van der Waals surface area (Å²) in [6.45, 7) is 9.01. The highest BCUT2D eigenvalue weighted by molar-refractivity contribution is 6.10. The molecule has 11 nitrogen and oxygen atoms in total. The Morgan fingerprint density at radius 2 is 1.81 bits per heavy atom. The SMILES string of the molecule is C=CC(=O)N1CCN2C(=O)[C@H](C)N(CCN3C[C@H]4CC(=O)N(c5cc(C(F)(F)F)cc(C)n5)[C@@H]4C(=O)N(C)c4cccc(F)c43)C[C@@H]2C1. The summed E-state index contributed by atoms with van der Waals surface area (Å²) in [5, 5.41) is 0. The summed E-state index contributed by atoms with van der Waals surface area (Å²) in [7, 11) is 1.45. The molecular weight excluding hydrogens is 634 g/mol. The molecule has 0 aliphatic carbocycles. The second-order valence-electron chi connectivity index (χ2n) is 12.8. The molecule has 0 unspecified atom stereocenters. The number of hydrogen-bond acceptors (Lipinski definition) is 7. The van der Waals surface area contributed by atoms with Gasteiger partial charge in [-0.3, -0.25) is 29.0 Å². The number of rotatable bonds is 5. The predicted molar refractivity (Wildman–Crippen MR) is 169 cm³/mol. The molecule has 6 rings (SSSR count). The van der Waals surface area contributed by atoms with Crippen molar-refractivity contribution in [3.8, 4) is 0 Å². The molecule has 0 radical (unpaired) electrons. The number of likely N-dealkylation sites (N-methyl/N-ethyl adjacent to an activating group) is 1. The minimum absolute atomic E-state index is 0.0375. The van der Waals surface area contributed by atoms with Crippen LogP contribution in [0, 0.1) is 18.7 Å². The largest absolute Gasteiger partial charge is 0.416 e. The van der Waals surface area contributed by atoms with Gasteiger partial charge in [-0.2, -0.15) is 13.2 Å². The summed E-state index contributed by atoms with van der Waals surface area (Å²) in [5.74, 6) is -2.95. The molecule has 5 heterocycles. The number of alkyl halides is 3. The van der Waals surface area contributed by atoms with Gasteiger partial charge in [-0.25, -0.2) is 9.37 Å². The summed E-state index contributed by atoms with van der Waals surface area (Å²) in [4.78, 5) is 66.9. The molecule has 1 aromatic heterocycles. The molecule has 2 aromatic rings. The molecule has 0 N–H and O–H groups in total. The van der Waals surface area contributed by atoms with Crippen molar-refractivity contribution in [1.29, 1.82) is 0 Å². The second-order valence-corrected chi connectivity index (χ2v) is 12.8. The zero-order chi connectivity index (χ0) is 34.7. The average Bonchev–Trinajstić information content (AvgIpc) is 3.37. The third-order valence-electron chi connectivity index (χ3n) is 9.89. The van der Waals surface area contributed by atoms with Crippen LogP contribution in [0.25, 0.3) is 0 Å². The van der Waals surface area contributed by atoms with Crippen molar-refractivity contribution in [1.82, 2.24) is 19.7 Å². The summed E-state index contributed by atoms with van der Waals surface area (Å²) in [6.07, 6.45) is -3.60. The minimum atomic E-state index is -4.69. The van der Waals surface area contributed by atoms with E-state index in [-0.39, 0.29) is 60.3 Å². The Hall–Kier alpha value is -4.53. The first-order valence-corrected chi connectivity index (χ1v) is 15.8. The van der Waals surface area contributed by atoms with E-state index in [1.165, 1.54) is 37.1 Å². The van der Waals surface area contributed by atoms with Crippen LogP contribution >= 0.6 is 0 Å². The number of para-hydroxylation sites is 1. The molecule has 48 heavy (non-hydrogen) atoms. The second kappa shape index (κ2) is 12.5. The van der Waals surface area contributed by atoms with Gasteiger partial charge >= 0.3 is 6.18 Å². The lowest BCUT2D eigenvalue weighted by Crippen LogP contribution is -2.67. The maximum atomic E-state index is 15.7. The third-order valence-corrected chi connectivity index (χ3v) is 9.89. The molecule has 1 aromatic carbocycles. The van der Waals surface area contributed by atoms with Gasteiger partial charge in [-0.1, -0.05) is 12.6 Å². The number of pyridine rings is 1. The van der Waals surface area contributed by atoms with E-state index in [9.17, 15) is 32.3 Å². The highest BCUT2D eigenvalue weighted by Gasteiger charge is 2.50. The van der Waals surface area contributed by atoms with E-state index in [2.05, 4.69) is 11.6 Å². The molecule has 0 bridgehead atoms. The van der Waals surface area contributed by atoms with Gasteiger partial charge in [-0.15, -0.1) is 0 Å². The Labute approximate surface area is 275 Å². The monoisotopic (exact) mass is 671 g/mol. The number of amides is 4. The number of fused-ring (bicyclic) bond motifs is 3. The Kier molecular flexibility index (Phi) is 8.68. The van der Waals surface area contributed by atoms with E-state index < -0.39 is 47.4 Å². The lowest BCUT2D eigenvalue weighted by molar-refractivity contribution is -0.152. The van der Waals surface area contributed by atoms with Crippen molar-refractivity contribution in [2.45, 2.75) is 44.6 Å². The Morgan fingerprint density at radius 3 is 2.52 bits per heavy atom. The molecule has 4 aliphatic heterocycles. The molecule has 0 saturated carbocycles. The van der Waals surface area contributed by atoms with Crippen LogP contribution in [0.3, 0.4) is 0 Å². The Balaban J connectivity index is 1.31. The normalized spacial score (nSPS) is 25.1. The molecule has 4 amide bonds. The van der Waals surface area contributed by atoms with Crippen molar-refractivity contribution >= 4 is 40.8 Å². The molecular formula is C33H37F4N7O4. The van der Waals surface area contributed by atoms with Crippen LogP contribution in [-0.2, 0) is 25.4 Å². The van der Waals surface area contributed by atoms with Gasteiger partial charge in [0, 0.05) is 70.9 Å². The number of carbonyl (C=O) groups is 4. The first-order valence-electron chi connectivity index (χ1n) is 15.8. The van der Waals surface area contributed by atoms with Gasteiger partial charge < -0.3 is 19.6 Å². The maximum absolute atomic E-state index is 15.7. The van der Waals surface area contributed by atoms with Crippen LogP contribution in [0.4, 0.5) is 34.8 Å². The molecule has 256 valence electrons. The van der Waals surface area contributed by atoms with E-state index in [0.29, 0.717) is 32.7 Å². The lowest BCUT2D eigenvalue weighted by atomic mass is 9.95. The number of hydrogen-bond donors (Lipinski definition) is 0. The van der Waals surface area contributed by atoms with Crippen LogP contribution in [0.5, 0.6) is 0 Å². The number of piperazine rings is 2. The fourth-order valence-corrected chi connectivity index (χ4v) is 7.46. The van der Waals surface area contributed by atoms with Crippen molar-refractivity contribution in [2.75, 3.05) is 67.6 Å². The fraction of sp³-hybridized carbons (Fsp3) is 0.485. The van der Waals surface area contributed by atoms with E-state index in [1.807, 2.05) is 11.8 Å². The molecule has 0 spiro atoms. The van der Waals surface area contributed by atoms with Crippen LogP contribution < -0.4 is 14.7 Å².